The fourth-order valence-corrected chi connectivity index (χ4v) is 2.48. The van der Waals surface area contributed by atoms with Crippen LogP contribution in [-0.2, 0) is 11.3 Å². The number of carbonyl (C=O) groups is 2. The SMILES string of the molecule is COC(=O)c1ccc(NC(=O)NC[C@H](C)Cn2cccn2)c(N(C)C)c1. The number of amides is 2. The third-order valence-electron chi connectivity index (χ3n) is 3.82. The molecule has 2 aromatic rings. The molecule has 2 N–H and O–H groups in total. The van der Waals surface area contributed by atoms with Gasteiger partial charge in [0, 0.05) is 39.6 Å². The number of carbonyl (C=O) groups excluding carboxylic acids is 2. The Balaban J connectivity index is 1.96. The zero-order valence-corrected chi connectivity index (χ0v) is 15.5. The molecule has 8 nitrogen and oxygen atoms in total. The summed E-state index contributed by atoms with van der Waals surface area (Å²) in [5.41, 5.74) is 1.75. The number of methoxy groups -OCH3 is 1. The maximum absolute atomic E-state index is 12.2. The van der Waals surface area contributed by atoms with Crippen molar-refractivity contribution >= 4 is 23.4 Å². The van der Waals surface area contributed by atoms with Gasteiger partial charge in [0.05, 0.1) is 24.0 Å². The van der Waals surface area contributed by atoms with Gasteiger partial charge in [-0.1, -0.05) is 6.92 Å². The number of hydrogen-bond donors (Lipinski definition) is 2. The van der Waals surface area contributed by atoms with E-state index in [1.807, 2.05) is 42.9 Å². The van der Waals surface area contributed by atoms with Gasteiger partial charge in [-0.2, -0.15) is 5.10 Å². The van der Waals surface area contributed by atoms with Gasteiger partial charge in [-0.3, -0.25) is 4.68 Å². The van der Waals surface area contributed by atoms with Crippen LogP contribution in [0.1, 0.15) is 17.3 Å². The molecule has 26 heavy (non-hydrogen) atoms. The van der Waals surface area contributed by atoms with E-state index in [4.69, 9.17) is 4.74 Å². The maximum Gasteiger partial charge on any atom is 0.337 e. The highest BCUT2D eigenvalue weighted by Gasteiger charge is 2.14. The highest BCUT2D eigenvalue weighted by atomic mass is 16.5. The second kappa shape index (κ2) is 8.89. The standard InChI is InChI=1S/C18H25N5O3/c1-13(12-23-9-5-8-20-23)11-19-18(25)21-15-7-6-14(17(24)26-4)10-16(15)22(2)3/h5-10,13H,11-12H2,1-4H3,(H2,19,21,25)/t13-/m0/s1. The lowest BCUT2D eigenvalue weighted by Gasteiger charge is -2.19. The monoisotopic (exact) mass is 359 g/mol. The second-order valence-corrected chi connectivity index (χ2v) is 6.29. The molecule has 8 heteroatoms. The van der Waals surface area contributed by atoms with Crippen LogP contribution in [0.4, 0.5) is 16.2 Å². The first-order valence-corrected chi connectivity index (χ1v) is 8.32. The third-order valence-corrected chi connectivity index (χ3v) is 3.82. The van der Waals surface area contributed by atoms with E-state index >= 15 is 0 Å². The zero-order chi connectivity index (χ0) is 19.1. The summed E-state index contributed by atoms with van der Waals surface area (Å²) in [6.07, 6.45) is 3.62. The van der Waals surface area contributed by atoms with E-state index in [9.17, 15) is 9.59 Å². The first-order chi connectivity index (χ1) is 12.4. The Bertz CT molecular complexity index is 743. The number of rotatable bonds is 7. The van der Waals surface area contributed by atoms with Crippen molar-refractivity contribution in [2.45, 2.75) is 13.5 Å². The number of urea groups is 1. The lowest BCUT2D eigenvalue weighted by molar-refractivity contribution is 0.0601. The molecule has 1 heterocycles. The van der Waals surface area contributed by atoms with E-state index in [1.165, 1.54) is 7.11 Å². The van der Waals surface area contributed by atoms with Crippen molar-refractivity contribution in [3.63, 3.8) is 0 Å². The molecule has 1 aromatic heterocycles. The molecular formula is C18H25N5O3. The summed E-state index contributed by atoms with van der Waals surface area (Å²) in [5.74, 6) is -0.188. The van der Waals surface area contributed by atoms with Crippen LogP contribution >= 0.6 is 0 Å². The van der Waals surface area contributed by atoms with E-state index in [-0.39, 0.29) is 11.9 Å². The molecule has 0 aliphatic heterocycles. The minimum Gasteiger partial charge on any atom is -0.465 e. The van der Waals surface area contributed by atoms with E-state index in [1.54, 1.807) is 24.4 Å². The predicted molar refractivity (Wildman–Crippen MR) is 101 cm³/mol. The molecule has 2 amide bonds. The van der Waals surface area contributed by atoms with Crippen LogP contribution in [0, 0.1) is 5.92 Å². The number of benzene rings is 1. The lowest BCUT2D eigenvalue weighted by atomic mass is 10.1. The van der Waals surface area contributed by atoms with Gasteiger partial charge in [0.15, 0.2) is 0 Å². The van der Waals surface area contributed by atoms with Gasteiger partial charge in [-0.15, -0.1) is 0 Å². The van der Waals surface area contributed by atoms with Gasteiger partial charge in [-0.05, 0) is 30.2 Å². The third kappa shape index (κ3) is 5.23. The van der Waals surface area contributed by atoms with E-state index in [0.717, 1.165) is 6.54 Å². The molecule has 0 aliphatic rings. The average Bonchev–Trinajstić information content (AvgIpc) is 3.12. The van der Waals surface area contributed by atoms with Crippen molar-refractivity contribution in [3.8, 4) is 0 Å². The molecule has 0 saturated heterocycles. The highest BCUT2D eigenvalue weighted by molar-refractivity contribution is 5.96. The Labute approximate surface area is 153 Å². The zero-order valence-electron chi connectivity index (χ0n) is 15.5. The second-order valence-electron chi connectivity index (χ2n) is 6.29. The van der Waals surface area contributed by atoms with Crippen molar-refractivity contribution in [3.05, 3.63) is 42.2 Å². The highest BCUT2D eigenvalue weighted by Crippen LogP contribution is 2.26. The minimum absolute atomic E-state index is 0.232. The molecule has 0 fully saturated rings. The number of esters is 1. The minimum atomic E-state index is -0.420. The smallest absolute Gasteiger partial charge is 0.337 e. The van der Waals surface area contributed by atoms with Crippen molar-refractivity contribution in [2.75, 3.05) is 38.0 Å². The number of aromatic nitrogens is 2. The van der Waals surface area contributed by atoms with E-state index in [0.29, 0.717) is 23.5 Å². The summed E-state index contributed by atoms with van der Waals surface area (Å²) in [7, 11) is 5.01. The molecule has 1 atom stereocenters. The molecule has 140 valence electrons. The van der Waals surface area contributed by atoms with Crippen molar-refractivity contribution in [1.29, 1.82) is 0 Å². The van der Waals surface area contributed by atoms with Crippen molar-refractivity contribution in [1.82, 2.24) is 15.1 Å². The number of hydrogen-bond acceptors (Lipinski definition) is 5. The van der Waals surface area contributed by atoms with E-state index < -0.39 is 5.97 Å². The summed E-state index contributed by atoms with van der Waals surface area (Å²) in [6.45, 7) is 3.28. The van der Waals surface area contributed by atoms with E-state index in [2.05, 4.69) is 15.7 Å². The number of anilines is 2. The summed E-state index contributed by atoms with van der Waals surface area (Å²) in [4.78, 5) is 25.7. The van der Waals surface area contributed by atoms with Gasteiger partial charge in [0.1, 0.15) is 0 Å². The average molecular weight is 359 g/mol. The fourth-order valence-electron chi connectivity index (χ4n) is 2.48. The van der Waals surface area contributed by atoms with Crippen molar-refractivity contribution < 1.29 is 14.3 Å². The van der Waals surface area contributed by atoms with Crippen LogP contribution in [0.3, 0.4) is 0 Å². The number of ether oxygens (including phenoxy) is 1. The molecule has 0 radical (unpaired) electrons. The maximum atomic E-state index is 12.2. The lowest BCUT2D eigenvalue weighted by Crippen LogP contribution is -2.34. The summed E-state index contributed by atoms with van der Waals surface area (Å²) in [6, 6.07) is 6.56. The van der Waals surface area contributed by atoms with Gasteiger partial charge in [0.25, 0.3) is 0 Å². The largest absolute Gasteiger partial charge is 0.465 e. The molecule has 0 bridgehead atoms. The van der Waals surface area contributed by atoms with Gasteiger partial charge in [0.2, 0.25) is 0 Å². The molecule has 0 unspecified atom stereocenters. The summed E-state index contributed by atoms with van der Waals surface area (Å²) < 4.78 is 6.57. The Morgan fingerprint density at radius 3 is 2.73 bits per heavy atom. The Kier molecular flexibility index (Phi) is 6.60. The molecule has 0 spiro atoms. The Hall–Kier alpha value is -3.03. The molecule has 0 saturated carbocycles. The van der Waals surface area contributed by atoms with Crippen LogP contribution in [0.5, 0.6) is 0 Å². The van der Waals surface area contributed by atoms with Crippen LogP contribution in [0.25, 0.3) is 0 Å². The van der Waals surface area contributed by atoms with Crippen molar-refractivity contribution in [2.24, 2.45) is 5.92 Å². The predicted octanol–water partition coefficient (Wildman–Crippen LogP) is 2.19. The topological polar surface area (TPSA) is 88.5 Å². The number of nitrogens with zero attached hydrogens (tertiary/aromatic N) is 3. The van der Waals surface area contributed by atoms with Crippen LogP contribution in [0.15, 0.2) is 36.7 Å². The normalized spacial score (nSPS) is 11.5. The van der Waals surface area contributed by atoms with Gasteiger partial charge in [-0.25, -0.2) is 9.59 Å². The first-order valence-electron chi connectivity index (χ1n) is 8.32. The van der Waals surface area contributed by atoms with Crippen LogP contribution in [0.2, 0.25) is 0 Å². The summed E-state index contributed by atoms with van der Waals surface area (Å²) in [5, 5.41) is 9.84. The Morgan fingerprint density at radius 2 is 2.12 bits per heavy atom. The van der Waals surface area contributed by atoms with Crippen LogP contribution < -0.4 is 15.5 Å². The quantitative estimate of drug-likeness (QED) is 0.740. The first kappa shape index (κ1) is 19.3. The Morgan fingerprint density at radius 1 is 1.35 bits per heavy atom. The van der Waals surface area contributed by atoms with Gasteiger partial charge >= 0.3 is 12.0 Å². The fraction of sp³-hybridized carbons (Fsp3) is 0.389. The van der Waals surface area contributed by atoms with Crippen LogP contribution in [-0.4, -0.2) is 49.5 Å². The summed E-state index contributed by atoms with van der Waals surface area (Å²) >= 11 is 0. The molecule has 2 rings (SSSR count). The molecule has 1 aromatic carbocycles. The molecular weight excluding hydrogens is 334 g/mol. The number of nitrogens with one attached hydrogen (secondary N) is 2. The van der Waals surface area contributed by atoms with Gasteiger partial charge < -0.3 is 20.3 Å². The molecule has 0 aliphatic carbocycles.